The molecule has 0 radical (unpaired) electrons. The van der Waals surface area contributed by atoms with Gasteiger partial charge in [0.1, 0.15) is 6.29 Å². The second kappa shape index (κ2) is 6.71. The summed E-state index contributed by atoms with van der Waals surface area (Å²) in [6, 6.07) is 10.3. The van der Waals surface area contributed by atoms with E-state index in [1.54, 1.807) is 18.2 Å². The van der Waals surface area contributed by atoms with E-state index in [2.05, 4.69) is 0 Å². The van der Waals surface area contributed by atoms with Crippen molar-refractivity contribution in [3.8, 4) is 11.5 Å². The first-order chi connectivity index (χ1) is 10.0. The van der Waals surface area contributed by atoms with E-state index in [4.69, 9.17) is 9.47 Å². The smallest absolute Gasteiger partial charge is 0.343 e. The molecule has 21 heavy (non-hydrogen) atoms. The number of carbonyl (C=O) groups is 2. The van der Waals surface area contributed by atoms with Crippen LogP contribution >= 0.6 is 22.6 Å². The lowest BCUT2D eigenvalue weighted by Gasteiger charge is -2.12. The SMILES string of the molecule is COc1cc(C=O)cc(I)c1OC(=O)c1ccc(C)cc1. The number of esters is 1. The normalized spacial score (nSPS) is 10.0. The van der Waals surface area contributed by atoms with Crippen LogP contribution in [0.1, 0.15) is 26.3 Å². The van der Waals surface area contributed by atoms with Gasteiger partial charge in [0, 0.05) is 5.56 Å². The van der Waals surface area contributed by atoms with E-state index < -0.39 is 5.97 Å². The maximum atomic E-state index is 12.1. The number of hydrogen-bond donors (Lipinski definition) is 0. The Morgan fingerprint density at radius 3 is 2.43 bits per heavy atom. The summed E-state index contributed by atoms with van der Waals surface area (Å²) in [6.07, 6.45) is 0.719. The Labute approximate surface area is 136 Å². The van der Waals surface area contributed by atoms with Gasteiger partial charge in [-0.2, -0.15) is 0 Å². The molecule has 4 nitrogen and oxygen atoms in total. The summed E-state index contributed by atoms with van der Waals surface area (Å²) in [5, 5.41) is 0. The zero-order chi connectivity index (χ0) is 15.4. The maximum Gasteiger partial charge on any atom is 0.343 e. The molecule has 5 heteroatoms. The van der Waals surface area contributed by atoms with E-state index in [-0.39, 0.29) is 0 Å². The van der Waals surface area contributed by atoms with Gasteiger partial charge in [-0.05, 0) is 53.8 Å². The number of methoxy groups -OCH3 is 1. The van der Waals surface area contributed by atoms with Gasteiger partial charge in [-0.1, -0.05) is 17.7 Å². The highest BCUT2D eigenvalue weighted by molar-refractivity contribution is 14.1. The number of carbonyl (C=O) groups excluding carboxylic acids is 2. The van der Waals surface area contributed by atoms with E-state index in [0.29, 0.717) is 26.2 Å². The Balaban J connectivity index is 2.32. The van der Waals surface area contributed by atoms with Crippen LogP contribution in [0.3, 0.4) is 0 Å². The van der Waals surface area contributed by atoms with Crippen molar-refractivity contribution in [1.82, 2.24) is 0 Å². The second-order valence-electron chi connectivity index (χ2n) is 4.41. The number of rotatable bonds is 4. The molecule has 2 aromatic rings. The summed E-state index contributed by atoms with van der Waals surface area (Å²) in [5.74, 6) is 0.198. The zero-order valence-corrected chi connectivity index (χ0v) is 13.7. The quantitative estimate of drug-likeness (QED) is 0.343. The third-order valence-electron chi connectivity index (χ3n) is 2.87. The van der Waals surface area contributed by atoms with Gasteiger partial charge in [0.05, 0.1) is 16.2 Å². The molecule has 0 saturated heterocycles. The molecule has 0 unspecified atom stereocenters. The maximum absolute atomic E-state index is 12.1. The van der Waals surface area contributed by atoms with Crippen LogP contribution in [0.5, 0.6) is 11.5 Å². The van der Waals surface area contributed by atoms with Gasteiger partial charge in [0.15, 0.2) is 11.5 Å². The Hall–Kier alpha value is -1.89. The summed E-state index contributed by atoms with van der Waals surface area (Å²) in [6.45, 7) is 1.94. The van der Waals surface area contributed by atoms with Crippen LogP contribution in [0.25, 0.3) is 0 Å². The van der Waals surface area contributed by atoms with Gasteiger partial charge in [-0.3, -0.25) is 4.79 Å². The van der Waals surface area contributed by atoms with Crippen molar-refractivity contribution in [2.75, 3.05) is 7.11 Å². The highest BCUT2D eigenvalue weighted by atomic mass is 127. The van der Waals surface area contributed by atoms with Crippen LogP contribution in [0, 0.1) is 10.5 Å². The lowest BCUT2D eigenvalue weighted by Crippen LogP contribution is -2.10. The van der Waals surface area contributed by atoms with Gasteiger partial charge in [-0.25, -0.2) is 4.79 Å². The first kappa shape index (κ1) is 15.5. The first-order valence-corrected chi connectivity index (χ1v) is 7.24. The van der Waals surface area contributed by atoms with E-state index in [1.807, 2.05) is 41.6 Å². The van der Waals surface area contributed by atoms with E-state index in [0.717, 1.165) is 11.8 Å². The average molecular weight is 396 g/mol. The molecule has 0 fully saturated rings. The minimum absolute atomic E-state index is 0.314. The monoisotopic (exact) mass is 396 g/mol. The van der Waals surface area contributed by atoms with Gasteiger partial charge < -0.3 is 9.47 Å². The minimum Gasteiger partial charge on any atom is -0.493 e. The zero-order valence-electron chi connectivity index (χ0n) is 11.6. The number of benzene rings is 2. The molecule has 0 aliphatic carbocycles. The molecule has 0 aromatic heterocycles. The fourth-order valence-corrected chi connectivity index (χ4v) is 2.48. The Morgan fingerprint density at radius 1 is 1.19 bits per heavy atom. The molecular formula is C16H13IO4. The third kappa shape index (κ3) is 3.60. The predicted octanol–water partition coefficient (Wildman–Crippen LogP) is 3.64. The van der Waals surface area contributed by atoms with Crippen molar-refractivity contribution in [1.29, 1.82) is 0 Å². The molecule has 0 N–H and O–H groups in total. The van der Waals surface area contributed by atoms with Crippen LogP contribution in [0.15, 0.2) is 36.4 Å². The lowest BCUT2D eigenvalue weighted by molar-refractivity contribution is 0.0728. The fraction of sp³-hybridized carbons (Fsp3) is 0.125. The molecule has 0 aliphatic heterocycles. The van der Waals surface area contributed by atoms with Crippen molar-refractivity contribution >= 4 is 34.8 Å². The highest BCUT2D eigenvalue weighted by Gasteiger charge is 2.16. The summed E-state index contributed by atoms with van der Waals surface area (Å²) < 4.78 is 11.2. The van der Waals surface area contributed by atoms with Gasteiger partial charge >= 0.3 is 5.97 Å². The molecule has 2 rings (SSSR count). The Morgan fingerprint density at radius 2 is 1.86 bits per heavy atom. The van der Waals surface area contributed by atoms with Crippen molar-refractivity contribution in [3.05, 3.63) is 56.7 Å². The number of ether oxygens (including phenoxy) is 2. The van der Waals surface area contributed by atoms with Crippen molar-refractivity contribution in [3.63, 3.8) is 0 Å². The summed E-state index contributed by atoms with van der Waals surface area (Å²) in [5.41, 5.74) is 1.98. The van der Waals surface area contributed by atoms with Crippen molar-refractivity contribution in [2.45, 2.75) is 6.92 Å². The molecule has 0 atom stereocenters. The lowest BCUT2D eigenvalue weighted by atomic mass is 10.1. The van der Waals surface area contributed by atoms with Crippen molar-refractivity contribution < 1.29 is 19.1 Å². The molecular weight excluding hydrogens is 383 g/mol. The van der Waals surface area contributed by atoms with Crippen molar-refractivity contribution in [2.24, 2.45) is 0 Å². The first-order valence-electron chi connectivity index (χ1n) is 6.16. The highest BCUT2D eigenvalue weighted by Crippen LogP contribution is 2.34. The molecule has 0 saturated carbocycles. The fourth-order valence-electron chi connectivity index (χ4n) is 1.75. The van der Waals surface area contributed by atoms with E-state index >= 15 is 0 Å². The number of aldehydes is 1. The Bertz CT molecular complexity index is 677. The van der Waals surface area contributed by atoms with Gasteiger partial charge in [0.2, 0.25) is 0 Å². The number of aryl methyl sites for hydroxylation is 1. The molecule has 108 valence electrons. The molecule has 0 aliphatic rings. The molecule has 0 heterocycles. The standard InChI is InChI=1S/C16H13IO4/c1-10-3-5-12(6-4-10)16(19)21-15-13(17)7-11(9-18)8-14(15)20-2/h3-9H,1-2H3. The van der Waals surface area contributed by atoms with Crippen LogP contribution in [0.4, 0.5) is 0 Å². The van der Waals surface area contributed by atoms with Crippen LogP contribution in [-0.4, -0.2) is 19.4 Å². The second-order valence-corrected chi connectivity index (χ2v) is 5.57. The van der Waals surface area contributed by atoms with Crippen LogP contribution < -0.4 is 9.47 Å². The van der Waals surface area contributed by atoms with Gasteiger partial charge in [0.25, 0.3) is 0 Å². The minimum atomic E-state index is -0.468. The summed E-state index contributed by atoms with van der Waals surface area (Å²) >= 11 is 2.00. The largest absolute Gasteiger partial charge is 0.493 e. The average Bonchev–Trinajstić information content (AvgIpc) is 2.49. The van der Waals surface area contributed by atoms with E-state index in [9.17, 15) is 9.59 Å². The van der Waals surface area contributed by atoms with Gasteiger partial charge in [-0.15, -0.1) is 0 Å². The number of hydrogen-bond acceptors (Lipinski definition) is 4. The number of halogens is 1. The topological polar surface area (TPSA) is 52.6 Å². The van der Waals surface area contributed by atoms with E-state index in [1.165, 1.54) is 13.2 Å². The molecule has 0 amide bonds. The summed E-state index contributed by atoms with van der Waals surface area (Å²) in [7, 11) is 1.46. The van der Waals surface area contributed by atoms with Crippen LogP contribution in [0.2, 0.25) is 0 Å². The predicted molar refractivity (Wildman–Crippen MR) is 87.2 cm³/mol. The third-order valence-corrected chi connectivity index (χ3v) is 3.67. The molecule has 0 spiro atoms. The molecule has 0 bridgehead atoms. The Kier molecular flexibility index (Phi) is 4.95. The summed E-state index contributed by atoms with van der Waals surface area (Å²) in [4.78, 5) is 23.0. The van der Waals surface area contributed by atoms with Crippen LogP contribution in [-0.2, 0) is 0 Å². The molecule has 2 aromatic carbocycles.